The van der Waals surface area contributed by atoms with Crippen LogP contribution in [0.5, 0.6) is 0 Å². The summed E-state index contributed by atoms with van der Waals surface area (Å²) in [4.78, 5) is 12.7. The van der Waals surface area contributed by atoms with E-state index in [1.807, 2.05) is 0 Å². The maximum atomic E-state index is 9.94. The highest BCUT2D eigenvalue weighted by molar-refractivity contribution is 5.67. The lowest BCUT2D eigenvalue weighted by Gasteiger charge is -1.96. The molecular formula is C6H6NO2-. The van der Waals surface area contributed by atoms with Crippen LogP contribution in [-0.2, 0) is 11.2 Å². The molecular weight excluding hydrogens is 118 g/mol. The number of hydrogen-bond donors (Lipinski definition) is 1. The van der Waals surface area contributed by atoms with E-state index in [1.165, 1.54) is 0 Å². The van der Waals surface area contributed by atoms with E-state index in [9.17, 15) is 9.90 Å². The molecule has 48 valence electrons. The van der Waals surface area contributed by atoms with Crippen molar-refractivity contribution in [2.24, 2.45) is 0 Å². The van der Waals surface area contributed by atoms with Crippen molar-refractivity contribution in [1.29, 1.82) is 0 Å². The van der Waals surface area contributed by atoms with Crippen molar-refractivity contribution < 1.29 is 9.90 Å². The van der Waals surface area contributed by atoms with E-state index in [0.717, 1.165) is 0 Å². The predicted molar refractivity (Wildman–Crippen MR) is 29.5 cm³/mol. The molecule has 1 rings (SSSR count). The standard InChI is InChI=1S/C6H7NO2/c8-6(9)4-5-2-1-3-7-5/h1-3,7H,4H2,(H,8,9)/p-1. The van der Waals surface area contributed by atoms with Gasteiger partial charge in [-0.25, -0.2) is 0 Å². The second kappa shape index (κ2) is 2.35. The fourth-order valence-electron chi connectivity index (χ4n) is 0.633. The summed E-state index contributed by atoms with van der Waals surface area (Å²) in [6.07, 6.45) is 1.64. The summed E-state index contributed by atoms with van der Waals surface area (Å²) in [5.74, 6) is -1.06. The van der Waals surface area contributed by atoms with Crippen molar-refractivity contribution >= 4 is 5.97 Å². The molecule has 0 aliphatic rings. The number of carbonyl (C=O) groups excluding carboxylic acids is 1. The maximum Gasteiger partial charge on any atom is 0.0473 e. The Kier molecular flexibility index (Phi) is 1.53. The summed E-state index contributed by atoms with van der Waals surface area (Å²) in [6, 6.07) is 3.45. The molecule has 0 unspecified atom stereocenters. The normalized spacial score (nSPS) is 9.33. The minimum atomic E-state index is -1.06. The Balaban J connectivity index is 2.58. The number of carboxylic acids is 1. The summed E-state index contributed by atoms with van der Waals surface area (Å²) in [6.45, 7) is 0. The minimum absolute atomic E-state index is 0.0347. The molecule has 0 fully saturated rings. The molecule has 3 heteroatoms. The number of hydrogen-bond acceptors (Lipinski definition) is 2. The first kappa shape index (κ1) is 5.88. The van der Waals surface area contributed by atoms with Crippen LogP contribution in [0.3, 0.4) is 0 Å². The van der Waals surface area contributed by atoms with Crippen molar-refractivity contribution in [2.45, 2.75) is 6.42 Å². The Bertz CT molecular complexity index is 191. The molecule has 1 heterocycles. The van der Waals surface area contributed by atoms with Gasteiger partial charge < -0.3 is 14.9 Å². The number of nitrogens with one attached hydrogen (secondary N) is 1. The van der Waals surface area contributed by atoms with Crippen molar-refractivity contribution in [3.63, 3.8) is 0 Å². The zero-order chi connectivity index (χ0) is 6.69. The van der Waals surface area contributed by atoms with Gasteiger partial charge in [0.2, 0.25) is 0 Å². The van der Waals surface area contributed by atoms with Crippen LogP contribution in [-0.4, -0.2) is 11.0 Å². The summed E-state index contributed by atoms with van der Waals surface area (Å²) < 4.78 is 0. The van der Waals surface area contributed by atoms with Crippen LogP contribution < -0.4 is 5.11 Å². The summed E-state index contributed by atoms with van der Waals surface area (Å²) >= 11 is 0. The van der Waals surface area contributed by atoms with Crippen LogP contribution in [0.2, 0.25) is 0 Å². The molecule has 0 radical (unpaired) electrons. The number of carbonyl (C=O) groups is 1. The van der Waals surface area contributed by atoms with Crippen molar-refractivity contribution in [3.05, 3.63) is 24.0 Å². The van der Waals surface area contributed by atoms with E-state index in [0.29, 0.717) is 5.69 Å². The third-order valence-corrected chi connectivity index (χ3v) is 0.997. The zero-order valence-electron chi connectivity index (χ0n) is 4.76. The molecule has 9 heavy (non-hydrogen) atoms. The second-order valence-corrected chi connectivity index (χ2v) is 1.74. The zero-order valence-corrected chi connectivity index (χ0v) is 4.76. The molecule has 0 saturated carbocycles. The van der Waals surface area contributed by atoms with Crippen LogP contribution >= 0.6 is 0 Å². The lowest BCUT2D eigenvalue weighted by atomic mass is 10.3. The van der Waals surface area contributed by atoms with Gasteiger partial charge in [-0.05, 0) is 12.1 Å². The van der Waals surface area contributed by atoms with Gasteiger partial charge in [-0.15, -0.1) is 0 Å². The molecule has 0 aromatic carbocycles. The van der Waals surface area contributed by atoms with E-state index in [2.05, 4.69) is 4.98 Å². The van der Waals surface area contributed by atoms with E-state index >= 15 is 0 Å². The van der Waals surface area contributed by atoms with Crippen LogP contribution in [0.15, 0.2) is 18.3 Å². The Morgan fingerprint density at radius 3 is 3.00 bits per heavy atom. The van der Waals surface area contributed by atoms with Gasteiger partial charge in [0.05, 0.1) is 0 Å². The molecule has 1 N–H and O–H groups in total. The third kappa shape index (κ3) is 1.60. The van der Waals surface area contributed by atoms with Gasteiger partial charge >= 0.3 is 0 Å². The lowest BCUT2D eigenvalue weighted by Crippen LogP contribution is -2.24. The molecule has 3 nitrogen and oxygen atoms in total. The van der Waals surface area contributed by atoms with Crippen molar-refractivity contribution in [2.75, 3.05) is 0 Å². The van der Waals surface area contributed by atoms with Crippen molar-refractivity contribution in [3.8, 4) is 0 Å². The Labute approximate surface area is 52.3 Å². The Morgan fingerprint density at radius 1 is 1.78 bits per heavy atom. The molecule has 0 bridgehead atoms. The molecule has 0 amide bonds. The first-order valence-electron chi connectivity index (χ1n) is 2.61. The van der Waals surface area contributed by atoms with Crippen LogP contribution in [0.1, 0.15) is 5.69 Å². The average molecular weight is 124 g/mol. The highest BCUT2D eigenvalue weighted by Crippen LogP contribution is 1.93. The van der Waals surface area contributed by atoms with Crippen LogP contribution in [0.4, 0.5) is 0 Å². The van der Waals surface area contributed by atoms with E-state index in [1.54, 1.807) is 18.3 Å². The molecule has 0 aliphatic heterocycles. The quantitative estimate of drug-likeness (QED) is 0.567. The van der Waals surface area contributed by atoms with Gasteiger partial charge in [0, 0.05) is 24.3 Å². The molecule has 0 atom stereocenters. The van der Waals surface area contributed by atoms with Gasteiger partial charge in [0.25, 0.3) is 0 Å². The number of rotatable bonds is 2. The van der Waals surface area contributed by atoms with E-state index < -0.39 is 5.97 Å². The largest absolute Gasteiger partial charge is 0.550 e. The van der Waals surface area contributed by atoms with Crippen molar-refractivity contribution in [1.82, 2.24) is 4.98 Å². The summed E-state index contributed by atoms with van der Waals surface area (Å²) in [5.41, 5.74) is 0.676. The number of aliphatic carboxylic acids is 1. The monoisotopic (exact) mass is 124 g/mol. The fourth-order valence-corrected chi connectivity index (χ4v) is 0.633. The van der Waals surface area contributed by atoms with Gasteiger partial charge in [-0.1, -0.05) is 0 Å². The SMILES string of the molecule is O=C([O-])Cc1ccc[nH]1. The first-order chi connectivity index (χ1) is 4.29. The smallest absolute Gasteiger partial charge is 0.0473 e. The second-order valence-electron chi connectivity index (χ2n) is 1.74. The predicted octanol–water partition coefficient (Wildman–Crippen LogP) is -0.693. The lowest BCUT2D eigenvalue weighted by molar-refractivity contribution is -0.304. The van der Waals surface area contributed by atoms with E-state index in [4.69, 9.17) is 0 Å². The molecule has 1 aromatic rings. The van der Waals surface area contributed by atoms with Crippen LogP contribution in [0, 0.1) is 0 Å². The van der Waals surface area contributed by atoms with Gasteiger partial charge in [-0.2, -0.15) is 0 Å². The highest BCUT2D eigenvalue weighted by atomic mass is 16.4. The highest BCUT2D eigenvalue weighted by Gasteiger charge is 1.89. The van der Waals surface area contributed by atoms with Gasteiger partial charge in [-0.3, -0.25) is 0 Å². The Morgan fingerprint density at radius 2 is 2.56 bits per heavy atom. The Hall–Kier alpha value is -1.25. The molecule has 0 saturated heterocycles. The number of H-pyrrole nitrogens is 1. The molecule has 0 spiro atoms. The fraction of sp³-hybridized carbons (Fsp3) is 0.167. The van der Waals surface area contributed by atoms with E-state index in [-0.39, 0.29) is 6.42 Å². The summed E-state index contributed by atoms with van der Waals surface area (Å²) in [5, 5.41) is 9.94. The topological polar surface area (TPSA) is 55.9 Å². The number of aromatic nitrogens is 1. The number of carboxylic acid groups (broad SMARTS) is 1. The number of aromatic amines is 1. The van der Waals surface area contributed by atoms with Crippen LogP contribution in [0.25, 0.3) is 0 Å². The minimum Gasteiger partial charge on any atom is -0.550 e. The first-order valence-corrected chi connectivity index (χ1v) is 2.61. The maximum absolute atomic E-state index is 9.94. The average Bonchev–Trinajstić information content (AvgIpc) is 2.15. The molecule has 0 aliphatic carbocycles. The van der Waals surface area contributed by atoms with Gasteiger partial charge in [0.15, 0.2) is 0 Å². The summed E-state index contributed by atoms with van der Waals surface area (Å²) in [7, 11) is 0. The van der Waals surface area contributed by atoms with Gasteiger partial charge in [0.1, 0.15) is 0 Å². The molecule has 1 aromatic heterocycles. The third-order valence-electron chi connectivity index (χ3n) is 0.997.